The molecular formula is C16H17NO3. The molecule has 20 heavy (non-hydrogen) atoms. The predicted octanol–water partition coefficient (Wildman–Crippen LogP) is 2.39. The molecule has 0 radical (unpaired) electrons. The van der Waals surface area contributed by atoms with Gasteiger partial charge in [-0.15, -0.1) is 0 Å². The maximum atomic E-state index is 11.1. The van der Waals surface area contributed by atoms with Gasteiger partial charge in [0.1, 0.15) is 12.4 Å². The Hall–Kier alpha value is -2.33. The smallest absolute Gasteiger partial charge is 0.312 e. The van der Waals surface area contributed by atoms with E-state index in [1.807, 2.05) is 36.4 Å². The van der Waals surface area contributed by atoms with Crippen LogP contribution in [0.4, 0.5) is 0 Å². The van der Waals surface area contributed by atoms with Crippen LogP contribution in [0, 0.1) is 0 Å². The number of carbonyl (C=O) groups is 1. The molecule has 0 amide bonds. The number of hydrogen-bond donors (Lipinski definition) is 2. The Kier molecular flexibility index (Phi) is 4.74. The third-order valence-corrected chi connectivity index (χ3v) is 3.04. The van der Waals surface area contributed by atoms with Crippen LogP contribution in [0.5, 0.6) is 5.75 Å². The molecule has 3 N–H and O–H groups in total. The summed E-state index contributed by atoms with van der Waals surface area (Å²) in [6.07, 6.45) is 0. The number of aliphatic carboxylic acids is 1. The quantitative estimate of drug-likeness (QED) is 0.846. The van der Waals surface area contributed by atoms with Gasteiger partial charge in [0.25, 0.3) is 0 Å². The lowest BCUT2D eigenvalue weighted by molar-refractivity contribution is -0.138. The number of ether oxygens (including phenoxy) is 1. The van der Waals surface area contributed by atoms with Crippen molar-refractivity contribution in [3.8, 4) is 5.75 Å². The minimum Gasteiger partial charge on any atom is -0.489 e. The highest BCUT2D eigenvalue weighted by atomic mass is 16.5. The van der Waals surface area contributed by atoms with Gasteiger partial charge >= 0.3 is 5.97 Å². The van der Waals surface area contributed by atoms with Crippen molar-refractivity contribution in [2.45, 2.75) is 12.5 Å². The van der Waals surface area contributed by atoms with Crippen LogP contribution < -0.4 is 10.5 Å². The van der Waals surface area contributed by atoms with E-state index < -0.39 is 11.9 Å². The minimum atomic E-state index is -0.923. The van der Waals surface area contributed by atoms with E-state index in [9.17, 15) is 4.79 Å². The lowest BCUT2D eigenvalue weighted by atomic mass is 9.99. The summed E-state index contributed by atoms with van der Waals surface area (Å²) in [6, 6.07) is 16.9. The average molecular weight is 271 g/mol. The second-order valence-corrected chi connectivity index (χ2v) is 4.47. The minimum absolute atomic E-state index is 0.0669. The zero-order valence-electron chi connectivity index (χ0n) is 11.0. The maximum absolute atomic E-state index is 11.1. The Balaban J connectivity index is 2.08. The largest absolute Gasteiger partial charge is 0.489 e. The van der Waals surface area contributed by atoms with E-state index in [1.165, 1.54) is 0 Å². The summed E-state index contributed by atoms with van der Waals surface area (Å²) in [4.78, 5) is 11.1. The van der Waals surface area contributed by atoms with Crippen LogP contribution in [0.25, 0.3) is 0 Å². The molecule has 0 spiro atoms. The number of benzene rings is 2. The van der Waals surface area contributed by atoms with E-state index in [0.29, 0.717) is 17.9 Å². The summed E-state index contributed by atoms with van der Waals surface area (Å²) in [5.74, 6) is -0.978. The van der Waals surface area contributed by atoms with Crippen LogP contribution in [0.3, 0.4) is 0 Å². The van der Waals surface area contributed by atoms with Gasteiger partial charge in [0, 0.05) is 6.54 Å². The Morgan fingerprint density at radius 1 is 1.15 bits per heavy atom. The fourth-order valence-corrected chi connectivity index (χ4v) is 1.94. The highest BCUT2D eigenvalue weighted by Gasteiger charge is 2.18. The van der Waals surface area contributed by atoms with Gasteiger partial charge in [-0.3, -0.25) is 4.79 Å². The molecule has 0 saturated carbocycles. The number of carboxylic acid groups (broad SMARTS) is 1. The van der Waals surface area contributed by atoms with Crippen LogP contribution in [-0.2, 0) is 11.4 Å². The lowest BCUT2D eigenvalue weighted by Gasteiger charge is -2.12. The van der Waals surface area contributed by atoms with Gasteiger partial charge in [-0.25, -0.2) is 0 Å². The summed E-state index contributed by atoms with van der Waals surface area (Å²) in [7, 11) is 0. The molecule has 1 unspecified atom stereocenters. The van der Waals surface area contributed by atoms with Gasteiger partial charge in [0.05, 0.1) is 5.92 Å². The molecule has 0 heterocycles. The van der Waals surface area contributed by atoms with E-state index >= 15 is 0 Å². The standard InChI is InChI=1S/C16H17NO3/c17-10-15(16(18)19)13-7-4-8-14(9-13)20-11-12-5-2-1-3-6-12/h1-9,15H,10-11,17H2,(H,18,19). The Morgan fingerprint density at radius 2 is 1.90 bits per heavy atom. The maximum Gasteiger partial charge on any atom is 0.312 e. The average Bonchev–Trinajstić information content (AvgIpc) is 2.47. The van der Waals surface area contributed by atoms with Gasteiger partial charge in [0.15, 0.2) is 0 Å². The number of carboxylic acids is 1. The molecule has 0 aliphatic heterocycles. The Labute approximate surface area is 117 Å². The topological polar surface area (TPSA) is 72.6 Å². The molecular weight excluding hydrogens is 254 g/mol. The molecule has 2 rings (SSSR count). The van der Waals surface area contributed by atoms with Gasteiger partial charge in [-0.2, -0.15) is 0 Å². The molecule has 0 aromatic heterocycles. The van der Waals surface area contributed by atoms with Crippen LogP contribution in [0.1, 0.15) is 17.0 Å². The second kappa shape index (κ2) is 6.73. The van der Waals surface area contributed by atoms with Crippen molar-refractivity contribution in [3.05, 3.63) is 65.7 Å². The molecule has 0 aliphatic rings. The normalized spacial score (nSPS) is 11.8. The zero-order chi connectivity index (χ0) is 14.4. The van der Waals surface area contributed by atoms with Crippen LogP contribution in [-0.4, -0.2) is 17.6 Å². The third kappa shape index (κ3) is 3.59. The molecule has 0 aliphatic carbocycles. The molecule has 4 nitrogen and oxygen atoms in total. The van der Waals surface area contributed by atoms with Crippen LogP contribution in [0.2, 0.25) is 0 Å². The van der Waals surface area contributed by atoms with E-state index in [1.54, 1.807) is 18.2 Å². The summed E-state index contributed by atoms with van der Waals surface area (Å²) < 4.78 is 5.67. The summed E-state index contributed by atoms with van der Waals surface area (Å²) >= 11 is 0. The molecule has 0 saturated heterocycles. The molecule has 2 aromatic carbocycles. The predicted molar refractivity (Wildman–Crippen MR) is 76.6 cm³/mol. The number of rotatable bonds is 6. The Bertz CT molecular complexity index is 569. The van der Waals surface area contributed by atoms with Gasteiger partial charge in [-0.1, -0.05) is 42.5 Å². The molecule has 104 valence electrons. The SMILES string of the molecule is NCC(C(=O)O)c1cccc(OCc2ccccc2)c1. The van der Waals surface area contributed by atoms with Crippen molar-refractivity contribution in [1.82, 2.24) is 0 Å². The second-order valence-electron chi connectivity index (χ2n) is 4.47. The molecule has 1 atom stereocenters. The van der Waals surface area contributed by atoms with Crippen molar-refractivity contribution < 1.29 is 14.6 Å². The van der Waals surface area contributed by atoms with E-state index in [2.05, 4.69) is 0 Å². The first-order chi connectivity index (χ1) is 9.70. The van der Waals surface area contributed by atoms with Crippen molar-refractivity contribution in [2.24, 2.45) is 5.73 Å². The fraction of sp³-hybridized carbons (Fsp3) is 0.188. The van der Waals surface area contributed by atoms with Crippen LogP contribution >= 0.6 is 0 Å². The van der Waals surface area contributed by atoms with Crippen molar-refractivity contribution in [2.75, 3.05) is 6.54 Å². The monoisotopic (exact) mass is 271 g/mol. The summed E-state index contributed by atoms with van der Waals surface area (Å²) in [5, 5.41) is 9.10. The van der Waals surface area contributed by atoms with Crippen molar-refractivity contribution in [1.29, 1.82) is 0 Å². The van der Waals surface area contributed by atoms with Crippen molar-refractivity contribution in [3.63, 3.8) is 0 Å². The molecule has 2 aromatic rings. The van der Waals surface area contributed by atoms with E-state index in [0.717, 1.165) is 5.56 Å². The fourth-order valence-electron chi connectivity index (χ4n) is 1.94. The molecule has 0 fully saturated rings. The third-order valence-electron chi connectivity index (χ3n) is 3.04. The van der Waals surface area contributed by atoms with E-state index in [-0.39, 0.29) is 6.54 Å². The highest BCUT2D eigenvalue weighted by molar-refractivity contribution is 5.76. The zero-order valence-corrected chi connectivity index (χ0v) is 11.0. The van der Waals surface area contributed by atoms with E-state index in [4.69, 9.17) is 15.6 Å². The summed E-state index contributed by atoms with van der Waals surface area (Å²) in [5.41, 5.74) is 7.22. The first kappa shape index (κ1) is 14.1. The number of nitrogens with two attached hydrogens (primary N) is 1. The first-order valence-electron chi connectivity index (χ1n) is 6.40. The Morgan fingerprint density at radius 3 is 2.55 bits per heavy atom. The molecule has 4 heteroatoms. The summed E-state index contributed by atoms with van der Waals surface area (Å²) in [6.45, 7) is 0.516. The first-order valence-corrected chi connectivity index (χ1v) is 6.40. The van der Waals surface area contributed by atoms with Gasteiger partial charge in [0.2, 0.25) is 0 Å². The number of hydrogen-bond acceptors (Lipinski definition) is 3. The van der Waals surface area contributed by atoms with Gasteiger partial charge < -0.3 is 15.6 Å². The van der Waals surface area contributed by atoms with Gasteiger partial charge in [-0.05, 0) is 23.3 Å². The highest BCUT2D eigenvalue weighted by Crippen LogP contribution is 2.21. The van der Waals surface area contributed by atoms with Crippen molar-refractivity contribution >= 4 is 5.97 Å². The lowest BCUT2D eigenvalue weighted by Crippen LogP contribution is -2.21. The van der Waals surface area contributed by atoms with Crippen LogP contribution in [0.15, 0.2) is 54.6 Å². The molecule has 0 bridgehead atoms.